The van der Waals surface area contributed by atoms with Crippen LogP contribution < -0.4 is 5.73 Å². The van der Waals surface area contributed by atoms with Crippen LogP contribution in [0.2, 0.25) is 5.32 Å². The van der Waals surface area contributed by atoms with E-state index in [0.717, 1.165) is 5.32 Å². The molecule has 6 heteroatoms. The second-order valence-electron chi connectivity index (χ2n) is 1.83. The Hall–Kier alpha value is 0.689. The Bertz CT molecular complexity index is 167. The summed E-state index contributed by atoms with van der Waals surface area (Å²) >= 11 is 6.46. The maximum atomic E-state index is 10.6. The van der Waals surface area contributed by atoms with Gasteiger partial charge in [0.25, 0.3) is 0 Å². The van der Waals surface area contributed by atoms with Gasteiger partial charge in [0.05, 0.1) is 0 Å². The summed E-state index contributed by atoms with van der Waals surface area (Å²) in [6, 6.07) is 0. The molecule has 0 aliphatic heterocycles. The summed E-state index contributed by atoms with van der Waals surface area (Å²) in [5.41, 5.74) is 5.54. The minimum atomic E-state index is -1.11. The molecule has 0 bridgehead atoms. The molecular formula is C5H9NO2SSe2. The van der Waals surface area contributed by atoms with Crippen LogP contribution in [-0.4, -0.2) is 56.7 Å². The molecule has 64 valence electrons. The summed E-state index contributed by atoms with van der Waals surface area (Å²) < 4.78 is -1.11. The van der Waals surface area contributed by atoms with E-state index in [1.165, 1.54) is 0 Å². The average Bonchev–Trinajstić information content (AvgIpc) is 2.00. The molecule has 0 aromatic rings. The zero-order valence-electron chi connectivity index (χ0n) is 5.69. The number of nitrogens with two attached hydrogens (primary N) is 1. The number of thiol groups is 1. The number of aliphatic carboxylic acids is 1. The van der Waals surface area contributed by atoms with Crippen molar-refractivity contribution in [3.63, 3.8) is 0 Å². The number of hydrogen-bond donors (Lipinski definition) is 3. The fourth-order valence-electron chi connectivity index (χ4n) is 0.358. The Morgan fingerprint density at radius 3 is 2.73 bits per heavy atom. The first-order valence-corrected chi connectivity index (χ1v) is 6.46. The second kappa shape index (κ2) is 5.35. The monoisotopic (exact) mass is 307 g/mol. The fraction of sp³-hybridized carbons (Fsp3) is 0.600. The van der Waals surface area contributed by atoms with E-state index in [1.54, 1.807) is 4.92 Å². The van der Waals surface area contributed by atoms with Gasteiger partial charge in [-0.15, -0.1) is 0 Å². The molecule has 0 amide bonds. The summed E-state index contributed by atoms with van der Waals surface area (Å²) in [6.45, 7) is 0. The molecule has 0 unspecified atom stereocenters. The topological polar surface area (TPSA) is 63.3 Å². The maximum absolute atomic E-state index is 10.6. The molecule has 0 spiro atoms. The SMILES string of the molecule is N[C@](CS)([Se]CC=[Se])C(=O)O. The second-order valence-corrected chi connectivity index (χ2v) is 5.68. The van der Waals surface area contributed by atoms with E-state index in [0.29, 0.717) is 0 Å². The fourth-order valence-corrected chi connectivity index (χ4v) is 2.93. The molecule has 0 saturated carbocycles. The molecule has 0 aromatic heterocycles. The molecule has 0 aliphatic carbocycles. The molecule has 0 aliphatic rings. The van der Waals surface area contributed by atoms with Crippen LogP contribution >= 0.6 is 12.6 Å². The van der Waals surface area contributed by atoms with E-state index in [4.69, 9.17) is 10.8 Å². The Labute approximate surface area is 85.0 Å². The number of carboxylic acid groups (broad SMARTS) is 1. The molecule has 3 N–H and O–H groups in total. The van der Waals surface area contributed by atoms with Crippen LogP contribution in [0.5, 0.6) is 0 Å². The number of hydrogen-bond acceptors (Lipinski definition) is 3. The van der Waals surface area contributed by atoms with Gasteiger partial charge in [0.2, 0.25) is 0 Å². The van der Waals surface area contributed by atoms with Gasteiger partial charge >= 0.3 is 85.2 Å². The Morgan fingerprint density at radius 1 is 1.91 bits per heavy atom. The van der Waals surface area contributed by atoms with Gasteiger partial charge in [-0.2, -0.15) is 0 Å². The number of rotatable bonds is 5. The predicted molar refractivity (Wildman–Crippen MR) is 50.8 cm³/mol. The van der Waals surface area contributed by atoms with E-state index in [9.17, 15) is 4.79 Å². The zero-order valence-corrected chi connectivity index (χ0v) is 10.0. The third-order valence-corrected chi connectivity index (χ3v) is 5.85. The van der Waals surface area contributed by atoms with E-state index < -0.39 is 10.4 Å². The minimum absolute atomic E-state index is 0.133. The Kier molecular flexibility index (Phi) is 5.69. The normalized spacial score (nSPS) is 15.5. The first kappa shape index (κ1) is 11.7. The van der Waals surface area contributed by atoms with E-state index in [-0.39, 0.29) is 20.7 Å². The van der Waals surface area contributed by atoms with Gasteiger partial charge in [-0.25, -0.2) is 0 Å². The Morgan fingerprint density at radius 2 is 2.45 bits per heavy atom. The first-order valence-electron chi connectivity index (χ1n) is 2.77. The van der Waals surface area contributed by atoms with Crippen LogP contribution in [0.25, 0.3) is 0 Å². The van der Waals surface area contributed by atoms with Crippen LogP contribution in [0.15, 0.2) is 0 Å². The Balaban J connectivity index is 4.09. The van der Waals surface area contributed by atoms with Crippen LogP contribution in [0.3, 0.4) is 0 Å². The van der Waals surface area contributed by atoms with Crippen molar-refractivity contribution in [2.45, 2.75) is 9.76 Å². The van der Waals surface area contributed by atoms with Crippen molar-refractivity contribution in [3.05, 3.63) is 0 Å². The van der Waals surface area contributed by atoms with Crippen molar-refractivity contribution in [2.75, 3.05) is 5.75 Å². The molecule has 1 atom stereocenters. The number of carbonyl (C=O) groups is 1. The molecule has 0 heterocycles. The molecule has 0 fully saturated rings. The zero-order chi connectivity index (χ0) is 8.91. The van der Waals surface area contributed by atoms with Crippen molar-refractivity contribution >= 4 is 54.1 Å². The van der Waals surface area contributed by atoms with Crippen molar-refractivity contribution < 1.29 is 9.90 Å². The first-order chi connectivity index (χ1) is 5.06. The predicted octanol–water partition coefficient (Wildman–Crippen LogP) is -1.25. The van der Waals surface area contributed by atoms with E-state index >= 15 is 0 Å². The van der Waals surface area contributed by atoms with Gasteiger partial charge in [0.15, 0.2) is 0 Å². The van der Waals surface area contributed by atoms with Crippen molar-refractivity contribution in [1.82, 2.24) is 0 Å². The van der Waals surface area contributed by atoms with Crippen LogP contribution in [0, 0.1) is 0 Å². The quantitative estimate of drug-likeness (QED) is 0.439. The third-order valence-electron chi connectivity index (χ3n) is 1.01. The summed E-state index contributed by atoms with van der Waals surface area (Å²) in [5.74, 6) is -0.773. The molecular weight excluding hydrogens is 296 g/mol. The molecule has 11 heavy (non-hydrogen) atoms. The van der Waals surface area contributed by atoms with Crippen LogP contribution in [-0.2, 0) is 4.79 Å². The van der Waals surface area contributed by atoms with Crippen molar-refractivity contribution in [3.8, 4) is 0 Å². The van der Waals surface area contributed by atoms with Gasteiger partial charge in [-0.1, -0.05) is 0 Å². The van der Waals surface area contributed by atoms with Crippen molar-refractivity contribution in [1.29, 1.82) is 0 Å². The van der Waals surface area contributed by atoms with Gasteiger partial charge in [0.1, 0.15) is 0 Å². The molecule has 0 rings (SSSR count). The van der Waals surface area contributed by atoms with Gasteiger partial charge in [0, 0.05) is 0 Å². The standard InChI is InChI=1S/C5H9NO2SSe2/c6-5(3-9,4(7)8)11-2-1-10/h1,9H,2-3,6H2,(H,7,8)/t5-/m1/s1. The van der Waals surface area contributed by atoms with E-state index in [2.05, 4.69) is 28.2 Å². The number of carboxylic acids is 1. The molecule has 0 aromatic carbocycles. The molecule has 3 nitrogen and oxygen atoms in total. The van der Waals surface area contributed by atoms with Gasteiger partial charge in [-0.05, 0) is 0 Å². The summed E-state index contributed by atoms with van der Waals surface area (Å²) in [6.07, 6.45) is 0. The summed E-state index contributed by atoms with van der Waals surface area (Å²) in [5, 5.41) is 9.40. The van der Waals surface area contributed by atoms with E-state index in [1.807, 2.05) is 0 Å². The van der Waals surface area contributed by atoms with Gasteiger partial charge in [-0.3, -0.25) is 0 Å². The third kappa shape index (κ3) is 3.74. The van der Waals surface area contributed by atoms with Crippen LogP contribution in [0.1, 0.15) is 0 Å². The van der Waals surface area contributed by atoms with Crippen LogP contribution in [0.4, 0.5) is 0 Å². The summed E-state index contributed by atoms with van der Waals surface area (Å²) in [4.78, 5) is 12.4. The van der Waals surface area contributed by atoms with Crippen molar-refractivity contribution in [2.24, 2.45) is 5.73 Å². The average molecular weight is 305 g/mol. The van der Waals surface area contributed by atoms with Gasteiger partial charge < -0.3 is 0 Å². The molecule has 0 saturated heterocycles. The molecule has 0 radical (unpaired) electrons. The summed E-state index contributed by atoms with van der Waals surface area (Å²) in [7, 11) is 0.